The van der Waals surface area contributed by atoms with E-state index in [2.05, 4.69) is 19.2 Å². The average molecular weight is 489 g/mol. The maximum Gasteiger partial charge on any atom is 0.244 e. The number of nitrogens with one attached hydrogen (secondary N) is 1. The van der Waals surface area contributed by atoms with Gasteiger partial charge in [-0.25, -0.2) is 8.42 Å². The number of morpholine rings is 1. The fraction of sp³-hybridized carbons (Fsp3) is 0.400. The Morgan fingerprint density at radius 2 is 1.88 bits per heavy atom. The lowest BCUT2D eigenvalue weighted by Crippen LogP contribution is -2.41. The van der Waals surface area contributed by atoms with Crippen LogP contribution in [-0.4, -0.2) is 58.7 Å². The van der Waals surface area contributed by atoms with Crippen LogP contribution in [0.2, 0.25) is 0 Å². The third-order valence-electron chi connectivity index (χ3n) is 5.20. The number of rotatable bonds is 10. The van der Waals surface area contributed by atoms with Gasteiger partial charge in [0.25, 0.3) is 0 Å². The van der Waals surface area contributed by atoms with Gasteiger partial charge in [0.05, 0.1) is 31.8 Å². The zero-order valence-corrected chi connectivity index (χ0v) is 20.6. The molecule has 0 saturated carbocycles. The monoisotopic (exact) mass is 488 g/mol. The van der Waals surface area contributed by atoms with E-state index in [0.717, 1.165) is 5.56 Å². The molecule has 8 nitrogen and oxygen atoms in total. The average Bonchev–Trinajstić information content (AvgIpc) is 2.85. The Morgan fingerprint density at radius 3 is 2.59 bits per heavy atom. The summed E-state index contributed by atoms with van der Waals surface area (Å²) in [5, 5.41) is 2.77. The molecule has 184 valence electrons. The first-order valence-corrected chi connectivity index (χ1v) is 12.7. The molecule has 1 amide bonds. The van der Waals surface area contributed by atoms with Gasteiger partial charge in [-0.2, -0.15) is 4.31 Å². The Labute approximate surface area is 201 Å². The molecule has 2 aromatic rings. The van der Waals surface area contributed by atoms with E-state index in [9.17, 15) is 13.2 Å². The zero-order chi connectivity index (χ0) is 24.6. The van der Waals surface area contributed by atoms with Crippen LogP contribution in [0.4, 0.5) is 0 Å². The number of nitrogens with zero attached hydrogens (tertiary/aromatic N) is 1. The predicted molar refractivity (Wildman–Crippen MR) is 130 cm³/mol. The van der Waals surface area contributed by atoms with Gasteiger partial charge in [-0.05, 0) is 41.3 Å². The third kappa shape index (κ3) is 6.82. The molecule has 0 unspecified atom stereocenters. The van der Waals surface area contributed by atoms with Crippen molar-refractivity contribution in [2.45, 2.75) is 25.3 Å². The third-order valence-corrected chi connectivity index (χ3v) is 7.20. The summed E-state index contributed by atoms with van der Waals surface area (Å²) in [6.07, 6.45) is 3.07. The SMILES string of the molecule is COc1cc(C=CC(=O)NCc2ccccc2S(=O)(=O)N2CCOCC2)ccc1OCC(C)C. The molecule has 1 heterocycles. The number of benzene rings is 2. The van der Waals surface area contributed by atoms with Crippen molar-refractivity contribution in [3.8, 4) is 11.5 Å². The molecule has 3 rings (SSSR count). The highest BCUT2D eigenvalue weighted by atomic mass is 32.2. The number of carbonyl (C=O) groups excluding carboxylic acids is 1. The Morgan fingerprint density at radius 1 is 1.15 bits per heavy atom. The van der Waals surface area contributed by atoms with Crippen molar-refractivity contribution in [2.24, 2.45) is 5.92 Å². The van der Waals surface area contributed by atoms with Crippen molar-refractivity contribution < 1.29 is 27.4 Å². The highest BCUT2D eigenvalue weighted by Gasteiger charge is 2.28. The Hall–Kier alpha value is -2.88. The summed E-state index contributed by atoms with van der Waals surface area (Å²) in [5.41, 5.74) is 1.31. The summed E-state index contributed by atoms with van der Waals surface area (Å²) >= 11 is 0. The minimum atomic E-state index is -3.66. The van der Waals surface area contributed by atoms with Crippen LogP contribution in [0.3, 0.4) is 0 Å². The molecule has 0 aliphatic carbocycles. The van der Waals surface area contributed by atoms with Crippen molar-refractivity contribution >= 4 is 22.0 Å². The first-order valence-electron chi connectivity index (χ1n) is 11.2. The first-order chi connectivity index (χ1) is 16.3. The molecule has 1 aliphatic heterocycles. The van der Waals surface area contributed by atoms with Crippen molar-refractivity contribution in [2.75, 3.05) is 40.0 Å². The molecule has 1 fully saturated rings. The molecule has 1 saturated heterocycles. The molecule has 9 heteroatoms. The van der Waals surface area contributed by atoms with Gasteiger partial charge in [0.2, 0.25) is 15.9 Å². The van der Waals surface area contributed by atoms with Crippen molar-refractivity contribution in [3.05, 3.63) is 59.7 Å². The van der Waals surface area contributed by atoms with Crippen LogP contribution in [0.15, 0.2) is 53.4 Å². The Kier molecular flexibility index (Phi) is 9.09. The standard InChI is InChI=1S/C25H32N2O6S/c1-19(2)18-33-22-10-8-20(16-23(22)31-3)9-11-25(28)26-17-21-6-4-5-7-24(21)34(29,30)27-12-14-32-15-13-27/h4-11,16,19H,12-15,17-18H2,1-3H3,(H,26,28). The van der Waals surface area contributed by atoms with Crippen LogP contribution < -0.4 is 14.8 Å². The lowest BCUT2D eigenvalue weighted by Gasteiger charge is -2.27. The topological polar surface area (TPSA) is 94.2 Å². The normalized spacial score (nSPS) is 14.9. The number of hydrogen-bond acceptors (Lipinski definition) is 6. The quantitative estimate of drug-likeness (QED) is 0.517. The van der Waals surface area contributed by atoms with Crippen LogP contribution in [-0.2, 0) is 26.1 Å². The van der Waals surface area contributed by atoms with E-state index in [4.69, 9.17) is 14.2 Å². The van der Waals surface area contributed by atoms with Crippen LogP contribution in [0.5, 0.6) is 11.5 Å². The molecule has 0 radical (unpaired) electrons. The molecule has 0 bridgehead atoms. The summed E-state index contributed by atoms with van der Waals surface area (Å²) in [7, 11) is -2.09. The summed E-state index contributed by atoms with van der Waals surface area (Å²) in [6.45, 7) is 6.19. The van der Waals surface area contributed by atoms with Crippen LogP contribution in [0, 0.1) is 5.92 Å². The molecule has 1 aliphatic rings. The van der Waals surface area contributed by atoms with E-state index < -0.39 is 10.0 Å². The highest BCUT2D eigenvalue weighted by Crippen LogP contribution is 2.29. The van der Waals surface area contributed by atoms with Crippen molar-refractivity contribution in [1.29, 1.82) is 0 Å². The van der Waals surface area contributed by atoms with Crippen molar-refractivity contribution in [1.82, 2.24) is 9.62 Å². The highest BCUT2D eigenvalue weighted by molar-refractivity contribution is 7.89. The van der Waals surface area contributed by atoms with Gasteiger partial charge >= 0.3 is 0 Å². The van der Waals surface area contributed by atoms with Gasteiger partial charge < -0.3 is 19.5 Å². The van der Waals surface area contributed by atoms with Gasteiger partial charge in [-0.1, -0.05) is 38.1 Å². The van der Waals surface area contributed by atoms with Crippen LogP contribution in [0.1, 0.15) is 25.0 Å². The summed E-state index contributed by atoms with van der Waals surface area (Å²) < 4.78 is 43.9. The van der Waals surface area contributed by atoms with E-state index in [1.54, 1.807) is 43.5 Å². The molecule has 0 atom stereocenters. The number of amides is 1. The number of ether oxygens (including phenoxy) is 3. The van der Waals surface area contributed by atoms with Crippen LogP contribution >= 0.6 is 0 Å². The van der Waals surface area contributed by atoms with Gasteiger partial charge in [-0.3, -0.25) is 4.79 Å². The molecule has 2 aromatic carbocycles. The maximum absolute atomic E-state index is 13.1. The first kappa shape index (κ1) is 25.7. The summed E-state index contributed by atoms with van der Waals surface area (Å²) in [6, 6.07) is 12.2. The minimum Gasteiger partial charge on any atom is -0.493 e. The number of carbonyl (C=O) groups is 1. The summed E-state index contributed by atoms with van der Waals surface area (Å²) in [5.74, 6) is 1.29. The fourth-order valence-corrected chi connectivity index (χ4v) is 5.03. The largest absolute Gasteiger partial charge is 0.493 e. The van der Waals surface area contributed by atoms with E-state index >= 15 is 0 Å². The Bertz CT molecular complexity index is 1110. The van der Waals surface area contributed by atoms with Crippen LogP contribution in [0.25, 0.3) is 6.08 Å². The summed E-state index contributed by atoms with van der Waals surface area (Å²) in [4.78, 5) is 12.6. The molecule has 34 heavy (non-hydrogen) atoms. The van der Waals surface area contributed by atoms with Gasteiger partial charge in [-0.15, -0.1) is 0 Å². The zero-order valence-electron chi connectivity index (χ0n) is 19.8. The minimum absolute atomic E-state index is 0.0915. The van der Waals surface area contributed by atoms with Gasteiger partial charge in [0, 0.05) is 25.7 Å². The smallest absolute Gasteiger partial charge is 0.244 e. The molecule has 1 N–H and O–H groups in total. The lowest BCUT2D eigenvalue weighted by molar-refractivity contribution is -0.116. The lowest BCUT2D eigenvalue weighted by atomic mass is 10.1. The molecular formula is C25H32N2O6S. The molecule has 0 aromatic heterocycles. The van der Waals surface area contributed by atoms with Gasteiger partial charge in [0.15, 0.2) is 11.5 Å². The maximum atomic E-state index is 13.1. The number of methoxy groups -OCH3 is 1. The van der Waals surface area contributed by atoms with Crippen molar-refractivity contribution in [3.63, 3.8) is 0 Å². The second-order valence-electron chi connectivity index (χ2n) is 8.29. The number of sulfonamides is 1. The second kappa shape index (κ2) is 12.0. The van der Waals surface area contributed by atoms with E-state index in [0.29, 0.717) is 55.9 Å². The Balaban J connectivity index is 1.64. The van der Waals surface area contributed by atoms with E-state index in [-0.39, 0.29) is 17.3 Å². The second-order valence-corrected chi connectivity index (χ2v) is 10.2. The fourth-order valence-electron chi connectivity index (χ4n) is 3.40. The van der Waals surface area contributed by atoms with E-state index in [1.807, 2.05) is 12.1 Å². The molecule has 0 spiro atoms. The number of hydrogen-bond donors (Lipinski definition) is 1. The van der Waals surface area contributed by atoms with E-state index in [1.165, 1.54) is 10.4 Å². The molecular weight excluding hydrogens is 456 g/mol. The van der Waals surface area contributed by atoms with Gasteiger partial charge in [0.1, 0.15) is 0 Å². The predicted octanol–water partition coefficient (Wildman–Crippen LogP) is 3.08.